The molecule has 5 nitrogen and oxygen atoms in total. The summed E-state index contributed by atoms with van der Waals surface area (Å²) in [6.45, 7) is 1.34. The van der Waals surface area contributed by atoms with Crippen LogP contribution in [0.4, 0.5) is 16.2 Å². The van der Waals surface area contributed by atoms with E-state index in [4.69, 9.17) is 0 Å². The van der Waals surface area contributed by atoms with Gasteiger partial charge < -0.3 is 10.6 Å². The SMILES string of the molecule is O=C(Nc1cccc(N2CCNC2=O)c1)C1CC2CCC1C2. The smallest absolute Gasteiger partial charge is 0.321 e. The van der Waals surface area contributed by atoms with E-state index in [2.05, 4.69) is 10.6 Å². The van der Waals surface area contributed by atoms with Crippen molar-refractivity contribution in [2.45, 2.75) is 25.7 Å². The molecule has 5 heteroatoms. The van der Waals surface area contributed by atoms with Crippen molar-refractivity contribution in [2.75, 3.05) is 23.3 Å². The molecule has 4 rings (SSSR count). The number of benzene rings is 1. The van der Waals surface area contributed by atoms with Gasteiger partial charge in [-0.15, -0.1) is 0 Å². The molecule has 0 spiro atoms. The first kappa shape index (κ1) is 13.6. The quantitative estimate of drug-likeness (QED) is 0.901. The molecule has 2 saturated carbocycles. The Kier molecular flexibility index (Phi) is 3.28. The van der Waals surface area contributed by atoms with Gasteiger partial charge in [0, 0.05) is 30.4 Å². The zero-order valence-corrected chi connectivity index (χ0v) is 12.5. The first-order valence-corrected chi connectivity index (χ1v) is 8.17. The van der Waals surface area contributed by atoms with Crippen LogP contribution in [0.15, 0.2) is 24.3 Å². The molecule has 116 valence electrons. The number of hydrogen-bond acceptors (Lipinski definition) is 2. The van der Waals surface area contributed by atoms with Crippen molar-refractivity contribution in [3.63, 3.8) is 0 Å². The number of nitrogens with one attached hydrogen (secondary N) is 2. The molecule has 0 radical (unpaired) electrons. The monoisotopic (exact) mass is 299 g/mol. The van der Waals surface area contributed by atoms with Gasteiger partial charge in [-0.05, 0) is 49.3 Å². The maximum absolute atomic E-state index is 12.5. The van der Waals surface area contributed by atoms with Crippen molar-refractivity contribution >= 4 is 23.3 Å². The summed E-state index contributed by atoms with van der Waals surface area (Å²) < 4.78 is 0. The Hall–Kier alpha value is -2.04. The van der Waals surface area contributed by atoms with Gasteiger partial charge in [0.2, 0.25) is 5.91 Å². The summed E-state index contributed by atoms with van der Waals surface area (Å²) in [4.78, 5) is 25.9. The second kappa shape index (κ2) is 5.30. The summed E-state index contributed by atoms with van der Waals surface area (Å²) in [7, 11) is 0. The van der Waals surface area contributed by atoms with Gasteiger partial charge in [0.15, 0.2) is 0 Å². The first-order valence-electron chi connectivity index (χ1n) is 8.17. The van der Waals surface area contributed by atoms with Gasteiger partial charge in [-0.2, -0.15) is 0 Å². The second-order valence-electron chi connectivity index (χ2n) is 6.70. The minimum absolute atomic E-state index is 0.0726. The van der Waals surface area contributed by atoms with E-state index in [1.807, 2.05) is 24.3 Å². The summed E-state index contributed by atoms with van der Waals surface area (Å²) in [5.41, 5.74) is 1.62. The highest BCUT2D eigenvalue weighted by Crippen LogP contribution is 2.48. The summed E-state index contributed by atoms with van der Waals surface area (Å²) in [5.74, 6) is 1.67. The van der Waals surface area contributed by atoms with E-state index in [0.29, 0.717) is 19.0 Å². The number of urea groups is 1. The minimum Gasteiger partial charge on any atom is -0.336 e. The Morgan fingerprint density at radius 3 is 2.86 bits per heavy atom. The molecular formula is C17H21N3O2. The van der Waals surface area contributed by atoms with E-state index in [1.54, 1.807) is 4.90 Å². The van der Waals surface area contributed by atoms with Gasteiger partial charge in [-0.3, -0.25) is 9.69 Å². The van der Waals surface area contributed by atoms with E-state index in [0.717, 1.165) is 23.7 Å². The number of amides is 3. The third-order valence-corrected chi connectivity index (χ3v) is 5.36. The molecule has 1 aliphatic heterocycles. The van der Waals surface area contributed by atoms with Crippen molar-refractivity contribution in [1.29, 1.82) is 0 Å². The normalized spacial score (nSPS) is 29.7. The van der Waals surface area contributed by atoms with Crippen LogP contribution in [0.5, 0.6) is 0 Å². The van der Waals surface area contributed by atoms with Gasteiger partial charge >= 0.3 is 6.03 Å². The average molecular weight is 299 g/mol. The lowest BCUT2D eigenvalue weighted by molar-refractivity contribution is -0.121. The van der Waals surface area contributed by atoms with Crippen LogP contribution < -0.4 is 15.5 Å². The predicted octanol–water partition coefficient (Wildman–Crippen LogP) is 2.59. The topological polar surface area (TPSA) is 61.4 Å². The number of hydrogen-bond donors (Lipinski definition) is 2. The summed E-state index contributed by atoms with van der Waals surface area (Å²) >= 11 is 0. The molecule has 3 unspecified atom stereocenters. The second-order valence-corrected chi connectivity index (χ2v) is 6.70. The first-order chi connectivity index (χ1) is 10.7. The highest BCUT2D eigenvalue weighted by Gasteiger charge is 2.43. The van der Waals surface area contributed by atoms with E-state index in [1.165, 1.54) is 19.3 Å². The molecule has 1 aromatic carbocycles. The molecular weight excluding hydrogens is 278 g/mol. The number of anilines is 2. The molecule has 22 heavy (non-hydrogen) atoms. The van der Waals surface area contributed by atoms with Crippen molar-refractivity contribution in [3.05, 3.63) is 24.3 Å². The van der Waals surface area contributed by atoms with Crippen LogP contribution in [-0.4, -0.2) is 25.0 Å². The third-order valence-electron chi connectivity index (χ3n) is 5.36. The fourth-order valence-corrected chi connectivity index (χ4v) is 4.27. The Morgan fingerprint density at radius 2 is 2.18 bits per heavy atom. The molecule has 3 aliphatic rings. The highest BCUT2D eigenvalue weighted by molar-refractivity contribution is 5.96. The molecule has 2 N–H and O–H groups in total. The number of fused-ring (bicyclic) bond motifs is 2. The molecule has 0 aromatic heterocycles. The van der Waals surface area contributed by atoms with Crippen molar-refractivity contribution in [1.82, 2.24) is 5.32 Å². The molecule has 1 aromatic rings. The van der Waals surface area contributed by atoms with Crippen LogP contribution in [0.25, 0.3) is 0 Å². The summed E-state index contributed by atoms with van der Waals surface area (Å²) in [6.07, 6.45) is 4.78. The molecule has 2 aliphatic carbocycles. The van der Waals surface area contributed by atoms with Gasteiger partial charge in [-0.1, -0.05) is 12.5 Å². The molecule has 3 fully saturated rings. The molecule has 1 heterocycles. The van der Waals surface area contributed by atoms with Gasteiger partial charge in [0.05, 0.1) is 0 Å². The molecule has 3 amide bonds. The standard InChI is InChI=1S/C17H21N3O2/c21-16(15-9-11-4-5-12(15)8-11)19-13-2-1-3-14(10-13)20-7-6-18-17(20)22/h1-3,10-12,15H,4-9H2,(H,18,22)(H,19,21). The van der Waals surface area contributed by atoms with E-state index in [9.17, 15) is 9.59 Å². The Bertz CT molecular complexity index is 616. The molecule has 2 bridgehead atoms. The van der Waals surface area contributed by atoms with Crippen LogP contribution in [0.3, 0.4) is 0 Å². The van der Waals surface area contributed by atoms with Crippen LogP contribution in [0, 0.1) is 17.8 Å². The highest BCUT2D eigenvalue weighted by atomic mass is 16.2. The van der Waals surface area contributed by atoms with Crippen molar-refractivity contribution in [3.8, 4) is 0 Å². The number of rotatable bonds is 3. The van der Waals surface area contributed by atoms with E-state index in [-0.39, 0.29) is 17.9 Å². The maximum Gasteiger partial charge on any atom is 0.321 e. The predicted molar refractivity (Wildman–Crippen MR) is 84.8 cm³/mol. The van der Waals surface area contributed by atoms with E-state index >= 15 is 0 Å². The minimum atomic E-state index is -0.0726. The lowest BCUT2D eigenvalue weighted by Gasteiger charge is -2.21. The third kappa shape index (κ3) is 2.34. The Labute approximate surface area is 130 Å². The lowest BCUT2D eigenvalue weighted by atomic mass is 9.88. The van der Waals surface area contributed by atoms with Crippen molar-refractivity contribution < 1.29 is 9.59 Å². The maximum atomic E-state index is 12.5. The number of carbonyl (C=O) groups is 2. The Balaban J connectivity index is 1.46. The van der Waals surface area contributed by atoms with Crippen LogP contribution in [-0.2, 0) is 4.79 Å². The fraction of sp³-hybridized carbons (Fsp3) is 0.529. The van der Waals surface area contributed by atoms with Gasteiger partial charge in [-0.25, -0.2) is 4.79 Å². The largest absolute Gasteiger partial charge is 0.336 e. The Morgan fingerprint density at radius 1 is 1.27 bits per heavy atom. The summed E-state index contributed by atoms with van der Waals surface area (Å²) in [6, 6.07) is 7.49. The zero-order chi connectivity index (χ0) is 15.1. The number of nitrogens with zero attached hydrogens (tertiary/aromatic N) is 1. The van der Waals surface area contributed by atoms with Crippen LogP contribution in [0.2, 0.25) is 0 Å². The average Bonchev–Trinajstić information content (AvgIpc) is 3.23. The lowest BCUT2D eigenvalue weighted by Crippen LogP contribution is -2.28. The fourth-order valence-electron chi connectivity index (χ4n) is 4.27. The van der Waals surface area contributed by atoms with E-state index < -0.39 is 0 Å². The van der Waals surface area contributed by atoms with Crippen LogP contribution in [0.1, 0.15) is 25.7 Å². The molecule has 1 saturated heterocycles. The van der Waals surface area contributed by atoms with Crippen molar-refractivity contribution in [2.24, 2.45) is 17.8 Å². The number of carbonyl (C=O) groups excluding carboxylic acids is 2. The van der Waals surface area contributed by atoms with Crippen LogP contribution >= 0.6 is 0 Å². The summed E-state index contributed by atoms with van der Waals surface area (Å²) in [5, 5.41) is 5.84. The van der Waals surface area contributed by atoms with Gasteiger partial charge in [0.25, 0.3) is 0 Å². The van der Waals surface area contributed by atoms with Gasteiger partial charge in [0.1, 0.15) is 0 Å². The zero-order valence-electron chi connectivity index (χ0n) is 12.5. The molecule has 3 atom stereocenters.